The monoisotopic (exact) mass is 618 g/mol. The lowest BCUT2D eigenvalue weighted by molar-refractivity contribution is 0.917. The van der Waals surface area contributed by atoms with E-state index in [0.717, 1.165) is 35.5 Å². The summed E-state index contributed by atoms with van der Waals surface area (Å²) in [5.41, 5.74) is 11.8. The SMILES string of the molecule is C1=CCCC(N(c2ccccc2)c2ccc(/C=C/c3ccc(/C=C/c4ccc(N(c5ccccc5)c5ccccc5)cc4)cc3)cc2)=C1. The normalized spacial score (nSPS) is 12.7. The summed E-state index contributed by atoms with van der Waals surface area (Å²) in [6, 6.07) is 57.8. The lowest BCUT2D eigenvalue weighted by Crippen LogP contribution is -2.17. The van der Waals surface area contributed by atoms with Crippen molar-refractivity contribution in [2.75, 3.05) is 9.80 Å². The summed E-state index contributed by atoms with van der Waals surface area (Å²) < 4.78 is 0. The maximum Gasteiger partial charge on any atom is 0.0462 e. The molecule has 2 heteroatoms. The van der Waals surface area contributed by atoms with E-state index in [0.29, 0.717) is 0 Å². The van der Waals surface area contributed by atoms with Gasteiger partial charge in [-0.25, -0.2) is 0 Å². The van der Waals surface area contributed by atoms with Gasteiger partial charge in [-0.3, -0.25) is 0 Å². The second-order valence-corrected chi connectivity index (χ2v) is 11.8. The van der Waals surface area contributed by atoms with Crippen molar-refractivity contribution in [3.05, 3.63) is 210 Å². The third kappa shape index (κ3) is 7.46. The van der Waals surface area contributed by atoms with Crippen LogP contribution >= 0.6 is 0 Å². The molecule has 0 saturated carbocycles. The highest BCUT2D eigenvalue weighted by Crippen LogP contribution is 2.35. The highest BCUT2D eigenvalue weighted by molar-refractivity contribution is 5.79. The Morgan fingerprint density at radius 3 is 1.06 bits per heavy atom. The molecule has 0 saturated heterocycles. The van der Waals surface area contributed by atoms with E-state index in [4.69, 9.17) is 0 Å². The lowest BCUT2D eigenvalue weighted by atomic mass is 10.1. The van der Waals surface area contributed by atoms with Crippen LogP contribution in [0.5, 0.6) is 0 Å². The predicted molar refractivity (Wildman–Crippen MR) is 207 cm³/mol. The third-order valence-corrected chi connectivity index (χ3v) is 8.50. The third-order valence-electron chi connectivity index (χ3n) is 8.50. The molecule has 1 aliphatic carbocycles. The van der Waals surface area contributed by atoms with Crippen LogP contribution in [-0.4, -0.2) is 0 Å². The van der Waals surface area contributed by atoms with E-state index < -0.39 is 0 Å². The summed E-state index contributed by atoms with van der Waals surface area (Å²) in [6.07, 6.45) is 17.4. The molecule has 0 N–H and O–H groups in total. The highest BCUT2D eigenvalue weighted by Gasteiger charge is 2.15. The average Bonchev–Trinajstić information content (AvgIpc) is 3.17. The Kier molecular flexibility index (Phi) is 9.53. The molecule has 0 heterocycles. The van der Waals surface area contributed by atoms with E-state index >= 15 is 0 Å². The summed E-state index contributed by atoms with van der Waals surface area (Å²) in [6.45, 7) is 0. The van der Waals surface area contributed by atoms with Gasteiger partial charge in [-0.1, -0.05) is 140 Å². The average molecular weight is 619 g/mol. The minimum absolute atomic E-state index is 1.03. The Balaban J connectivity index is 1.01. The van der Waals surface area contributed by atoms with Crippen molar-refractivity contribution in [3.63, 3.8) is 0 Å². The van der Waals surface area contributed by atoms with Gasteiger partial charge in [-0.2, -0.15) is 0 Å². The first-order chi connectivity index (χ1) is 23.8. The molecule has 0 radical (unpaired) electrons. The molecule has 7 rings (SSSR count). The van der Waals surface area contributed by atoms with E-state index in [1.165, 1.54) is 33.8 Å². The van der Waals surface area contributed by atoms with Crippen LogP contribution in [0, 0.1) is 0 Å². The molecule has 232 valence electrons. The van der Waals surface area contributed by atoms with Gasteiger partial charge in [0.1, 0.15) is 0 Å². The van der Waals surface area contributed by atoms with Gasteiger partial charge in [-0.15, -0.1) is 0 Å². The van der Waals surface area contributed by atoms with Crippen LogP contribution in [0.15, 0.2) is 188 Å². The summed E-state index contributed by atoms with van der Waals surface area (Å²) in [7, 11) is 0. The molecule has 1 aliphatic rings. The molecule has 0 fully saturated rings. The minimum Gasteiger partial charge on any atom is -0.314 e. The highest BCUT2D eigenvalue weighted by atomic mass is 15.1. The fourth-order valence-corrected chi connectivity index (χ4v) is 6.01. The number of anilines is 5. The van der Waals surface area contributed by atoms with E-state index in [2.05, 4.69) is 216 Å². The van der Waals surface area contributed by atoms with E-state index in [1.807, 2.05) is 0 Å². The molecule has 0 spiro atoms. The zero-order chi connectivity index (χ0) is 32.4. The molecular weight excluding hydrogens is 581 g/mol. The molecule has 0 bridgehead atoms. The quantitative estimate of drug-likeness (QED) is 0.141. The van der Waals surface area contributed by atoms with Gasteiger partial charge in [0.15, 0.2) is 0 Å². The van der Waals surface area contributed by atoms with Gasteiger partial charge in [0.2, 0.25) is 0 Å². The maximum atomic E-state index is 2.36. The number of hydrogen-bond acceptors (Lipinski definition) is 2. The Morgan fingerprint density at radius 2 is 0.688 bits per heavy atom. The van der Waals surface area contributed by atoms with Gasteiger partial charge in [-0.05, 0) is 102 Å². The van der Waals surface area contributed by atoms with Gasteiger partial charge in [0.25, 0.3) is 0 Å². The van der Waals surface area contributed by atoms with Crippen LogP contribution in [0.2, 0.25) is 0 Å². The Morgan fingerprint density at radius 1 is 0.354 bits per heavy atom. The zero-order valence-electron chi connectivity index (χ0n) is 26.9. The standard InChI is InChI=1S/C46H38N2/c1-5-13-41(14-6-1)47(42-15-7-2-8-16-42)45-33-29-39(30-34-45)27-25-37-21-23-38(24-22-37)26-28-40-31-35-46(36-32-40)48(43-17-9-3-10-18-43)44-19-11-4-12-20-44/h1-11,13-19,21-36H,12,20H2/b27-25+,28-26+. The lowest BCUT2D eigenvalue weighted by Gasteiger charge is -2.28. The smallest absolute Gasteiger partial charge is 0.0462 e. The molecule has 6 aromatic carbocycles. The van der Waals surface area contributed by atoms with Crippen LogP contribution in [-0.2, 0) is 0 Å². The summed E-state index contributed by atoms with van der Waals surface area (Å²) in [5, 5.41) is 0. The first-order valence-corrected chi connectivity index (χ1v) is 16.6. The van der Waals surface area contributed by atoms with Gasteiger partial charge in [0.05, 0.1) is 0 Å². The molecule has 0 atom stereocenters. The minimum atomic E-state index is 1.03. The number of nitrogens with zero attached hydrogens (tertiary/aromatic N) is 2. The van der Waals surface area contributed by atoms with Crippen molar-refractivity contribution < 1.29 is 0 Å². The summed E-state index contributed by atoms with van der Waals surface area (Å²) in [5.74, 6) is 0. The summed E-state index contributed by atoms with van der Waals surface area (Å²) >= 11 is 0. The fraction of sp³-hybridized carbons (Fsp3) is 0.0435. The molecule has 2 nitrogen and oxygen atoms in total. The molecule has 0 unspecified atom stereocenters. The predicted octanol–water partition coefficient (Wildman–Crippen LogP) is 12.9. The fourth-order valence-electron chi connectivity index (χ4n) is 6.01. The van der Waals surface area contributed by atoms with Gasteiger partial charge in [0, 0.05) is 34.1 Å². The second kappa shape index (κ2) is 15.0. The first-order valence-electron chi connectivity index (χ1n) is 16.6. The first kappa shape index (κ1) is 30.5. The van der Waals surface area contributed by atoms with Crippen LogP contribution in [0.4, 0.5) is 28.4 Å². The largest absolute Gasteiger partial charge is 0.314 e. The zero-order valence-corrected chi connectivity index (χ0v) is 26.9. The summed E-state index contributed by atoms with van der Waals surface area (Å²) in [4.78, 5) is 4.64. The Bertz CT molecular complexity index is 1980. The maximum absolute atomic E-state index is 2.36. The number of benzene rings is 6. The number of para-hydroxylation sites is 3. The Labute approximate surface area is 284 Å². The van der Waals surface area contributed by atoms with Crippen molar-refractivity contribution in [1.29, 1.82) is 0 Å². The van der Waals surface area contributed by atoms with Crippen LogP contribution in [0.25, 0.3) is 24.3 Å². The molecule has 48 heavy (non-hydrogen) atoms. The van der Waals surface area contributed by atoms with E-state index in [-0.39, 0.29) is 0 Å². The van der Waals surface area contributed by atoms with E-state index in [9.17, 15) is 0 Å². The van der Waals surface area contributed by atoms with Crippen LogP contribution < -0.4 is 9.80 Å². The van der Waals surface area contributed by atoms with E-state index in [1.54, 1.807) is 0 Å². The molecular formula is C46H38N2. The number of rotatable bonds is 10. The molecule has 0 amide bonds. The van der Waals surface area contributed by atoms with Crippen molar-refractivity contribution in [2.45, 2.75) is 12.8 Å². The van der Waals surface area contributed by atoms with Gasteiger partial charge < -0.3 is 9.80 Å². The number of hydrogen-bond donors (Lipinski definition) is 0. The van der Waals surface area contributed by atoms with Gasteiger partial charge >= 0.3 is 0 Å². The van der Waals surface area contributed by atoms with Crippen molar-refractivity contribution in [2.24, 2.45) is 0 Å². The van der Waals surface area contributed by atoms with Crippen LogP contribution in [0.3, 0.4) is 0 Å². The van der Waals surface area contributed by atoms with Crippen molar-refractivity contribution in [3.8, 4) is 0 Å². The molecule has 0 aromatic heterocycles. The molecule has 6 aromatic rings. The van der Waals surface area contributed by atoms with Crippen molar-refractivity contribution in [1.82, 2.24) is 0 Å². The topological polar surface area (TPSA) is 6.48 Å². The van der Waals surface area contributed by atoms with Crippen molar-refractivity contribution >= 4 is 52.7 Å². The van der Waals surface area contributed by atoms with Crippen LogP contribution in [0.1, 0.15) is 35.1 Å². The second-order valence-electron chi connectivity index (χ2n) is 11.8. The number of allylic oxidation sites excluding steroid dienone is 4. The Hall–Kier alpha value is -6.12. The molecule has 0 aliphatic heterocycles.